The van der Waals surface area contributed by atoms with Gasteiger partial charge in [0, 0.05) is 25.6 Å². The summed E-state index contributed by atoms with van der Waals surface area (Å²) in [5.41, 5.74) is 7.22. The van der Waals surface area contributed by atoms with Crippen molar-refractivity contribution in [1.29, 1.82) is 0 Å². The number of benzene rings is 1. The van der Waals surface area contributed by atoms with Crippen molar-refractivity contribution < 1.29 is 9.26 Å². The highest BCUT2D eigenvalue weighted by atomic mass is 16.5. The van der Waals surface area contributed by atoms with Crippen LogP contribution in [-0.4, -0.2) is 36.4 Å². The zero-order chi connectivity index (χ0) is 13.8. The molecule has 0 aliphatic carbocycles. The molecule has 20 heavy (non-hydrogen) atoms. The monoisotopic (exact) mass is 274 g/mol. The number of hydrogen-bond donors (Lipinski definition) is 1. The van der Waals surface area contributed by atoms with Crippen LogP contribution in [-0.2, 0) is 11.2 Å². The average molecular weight is 274 g/mol. The molecule has 6 nitrogen and oxygen atoms in total. The van der Waals surface area contributed by atoms with Crippen molar-refractivity contribution in [1.82, 2.24) is 10.1 Å². The van der Waals surface area contributed by atoms with E-state index in [1.165, 1.54) is 0 Å². The van der Waals surface area contributed by atoms with Crippen molar-refractivity contribution in [2.24, 2.45) is 5.73 Å². The quantitative estimate of drug-likeness (QED) is 0.901. The highest BCUT2D eigenvalue weighted by Crippen LogP contribution is 2.17. The molecular weight excluding hydrogens is 256 g/mol. The zero-order valence-electron chi connectivity index (χ0n) is 11.2. The SMILES string of the molecule is NC(Cc1nc(N2CCOCC2)no1)c1ccccc1. The van der Waals surface area contributed by atoms with Crippen LogP contribution in [0, 0.1) is 0 Å². The molecule has 2 heterocycles. The molecule has 106 valence electrons. The Hall–Kier alpha value is -1.92. The van der Waals surface area contributed by atoms with Crippen LogP contribution in [0.3, 0.4) is 0 Å². The third-order valence-corrected chi connectivity index (χ3v) is 3.37. The smallest absolute Gasteiger partial charge is 0.266 e. The summed E-state index contributed by atoms with van der Waals surface area (Å²) in [4.78, 5) is 6.47. The van der Waals surface area contributed by atoms with E-state index in [0.717, 1.165) is 18.7 Å². The topological polar surface area (TPSA) is 77.4 Å². The summed E-state index contributed by atoms with van der Waals surface area (Å²) in [6.07, 6.45) is 0.543. The van der Waals surface area contributed by atoms with Crippen LogP contribution in [0.4, 0.5) is 5.95 Å². The molecule has 3 rings (SSSR count). The van der Waals surface area contributed by atoms with Crippen LogP contribution < -0.4 is 10.6 Å². The zero-order valence-corrected chi connectivity index (χ0v) is 11.2. The summed E-state index contributed by atoms with van der Waals surface area (Å²) in [5, 5.41) is 4.02. The summed E-state index contributed by atoms with van der Waals surface area (Å²) < 4.78 is 10.6. The van der Waals surface area contributed by atoms with Gasteiger partial charge in [-0.1, -0.05) is 30.3 Å². The van der Waals surface area contributed by atoms with Gasteiger partial charge < -0.3 is 19.9 Å². The number of hydrogen-bond acceptors (Lipinski definition) is 6. The number of rotatable bonds is 4. The lowest BCUT2D eigenvalue weighted by Gasteiger charge is -2.24. The molecule has 0 radical (unpaired) electrons. The van der Waals surface area contributed by atoms with Crippen molar-refractivity contribution in [3.05, 3.63) is 41.8 Å². The molecule has 1 atom stereocenters. The number of ether oxygens (including phenoxy) is 1. The van der Waals surface area contributed by atoms with E-state index in [2.05, 4.69) is 15.0 Å². The molecule has 1 saturated heterocycles. The maximum Gasteiger partial charge on any atom is 0.266 e. The first-order chi connectivity index (χ1) is 9.83. The molecule has 1 aromatic carbocycles. The number of nitrogens with zero attached hydrogens (tertiary/aromatic N) is 3. The van der Waals surface area contributed by atoms with Gasteiger partial charge in [-0.15, -0.1) is 0 Å². The van der Waals surface area contributed by atoms with Gasteiger partial charge in [-0.3, -0.25) is 0 Å². The van der Waals surface area contributed by atoms with Gasteiger partial charge in [0.2, 0.25) is 5.89 Å². The van der Waals surface area contributed by atoms with Crippen molar-refractivity contribution >= 4 is 5.95 Å². The van der Waals surface area contributed by atoms with Crippen LogP contribution in [0.5, 0.6) is 0 Å². The third kappa shape index (κ3) is 2.97. The Kier molecular flexibility index (Phi) is 3.94. The van der Waals surface area contributed by atoms with E-state index >= 15 is 0 Å². The second-order valence-corrected chi connectivity index (χ2v) is 4.81. The van der Waals surface area contributed by atoms with Crippen molar-refractivity contribution in [3.63, 3.8) is 0 Å². The van der Waals surface area contributed by atoms with Gasteiger partial charge in [0.1, 0.15) is 0 Å². The molecule has 0 bridgehead atoms. The lowest BCUT2D eigenvalue weighted by Crippen LogP contribution is -2.36. The van der Waals surface area contributed by atoms with Gasteiger partial charge in [-0.2, -0.15) is 4.98 Å². The fraction of sp³-hybridized carbons (Fsp3) is 0.429. The summed E-state index contributed by atoms with van der Waals surface area (Å²) >= 11 is 0. The molecule has 2 aromatic rings. The van der Waals surface area contributed by atoms with Gasteiger partial charge in [0.15, 0.2) is 0 Å². The summed E-state index contributed by atoms with van der Waals surface area (Å²) in [5.74, 6) is 1.20. The molecule has 0 amide bonds. The normalized spacial score (nSPS) is 17.1. The van der Waals surface area contributed by atoms with E-state index in [-0.39, 0.29) is 6.04 Å². The van der Waals surface area contributed by atoms with Crippen molar-refractivity contribution in [3.8, 4) is 0 Å². The first-order valence-electron chi connectivity index (χ1n) is 6.79. The van der Waals surface area contributed by atoms with Crippen LogP contribution >= 0.6 is 0 Å². The van der Waals surface area contributed by atoms with E-state index in [4.69, 9.17) is 15.0 Å². The Morgan fingerprint density at radius 3 is 2.70 bits per heavy atom. The third-order valence-electron chi connectivity index (χ3n) is 3.37. The van der Waals surface area contributed by atoms with Crippen molar-refractivity contribution in [2.45, 2.75) is 12.5 Å². The molecule has 1 aliphatic rings. The molecule has 1 unspecified atom stereocenters. The molecule has 0 spiro atoms. The van der Waals surface area contributed by atoms with Crippen LogP contribution in [0.15, 0.2) is 34.9 Å². The van der Waals surface area contributed by atoms with Crippen LogP contribution in [0.2, 0.25) is 0 Å². The van der Waals surface area contributed by atoms with Gasteiger partial charge in [-0.25, -0.2) is 0 Å². The highest BCUT2D eigenvalue weighted by molar-refractivity contribution is 5.28. The Bertz CT molecular complexity index is 537. The standard InChI is InChI=1S/C14H18N4O2/c15-12(11-4-2-1-3-5-11)10-13-16-14(17-20-13)18-6-8-19-9-7-18/h1-5,12H,6-10,15H2. The fourth-order valence-corrected chi connectivity index (χ4v) is 2.23. The Morgan fingerprint density at radius 2 is 1.95 bits per heavy atom. The number of aromatic nitrogens is 2. The average Bonchev–Trinajstić information content (AvgIpc) is 2.97. The maximum atomic E-state index is 6.15. The lowest BCUT2D eigenvalue weighted by atomic mass is 10.1. The maximum absolute atomic E-state index is 6.15. The first kappa shape index (κ1) is 13.1. The van der Waals surface area contributed by atoms with Crippen LogP contribution in [0.25, 0.3) is 0 Å². The lowest BCUT2D eigenvalue weighted by molar-refractivity contribution is 0.121. The minimum Gasteiger partial charge on any atom is -0.378 e. The van der Waals surface area contributed by atoms with Crippen molar-refractivity contribution in [2.75, 3.05) is 31.2 Å². The predicted molar refractivity (Wildman–Crippen MR) is 74.4 cm³/mol. The second kappa shape index (κ2) is 6.02. The molecule has 6 heteroatoms. The van der Waals surface area contributed by atoms with Gasteiger partial charge in [0.05, 0.1) is 13.2 Å². The number of anilines is 1. The van der Waals surface area contributed by atoms with Gasteiger partial charge >= 0.3 is 0 Å². The molecule has 1 aliphatic heterocycles. The molecule has 2 N–H and O–H groups in total. The summed E-state index contributed by atoms with van der Waals surface area (Å²) in [7, 11) is 0. The van der Waals surface area contributed by atoms with E-state index in [9.17, 15) is 0 Å². The molecule has 0 saturated carbocycles. The minimum atomic E-state index is -0.130. The van der Waals surface area contributed by atoms with E-state index < -0.39 is 0 Å². The Balaban J connectivity index is 1.65. The second-order valence-electron chi connectivity index (χ2n) is 4.81. The number of nitrogens with two attached hydrogens (primary N) is 1. The molecule has 1 aromatic heterocycles. The number of morpholine rings is 1. The van der Waals surface area contributed by atoms with E-state index in [1.54, 1.807) is 0 Å². The van der Waals surface area contributed by atoms with Gasteiger partial charge in [-0.05, 0) is 10.7 Å². The minimum absolute atomic E-state index is 0.130. The van der Waals surface area contributed by atoms with E-state index in [0.29, 0.717) is 31.5 Å². The van der Waals surface area contributed by atoms with E-state index in [1.807, 2.05) is 30.3 Å². The van der Waals surface area contributed by atoms with Crippen LogP contribution in [0.1, 0.15) is 17.5 Å². The Labute approximate surface area is 117 Å². The highest BCUT2D eigenvalue weighted by Gasteiger charge is 2.18. The summed E-state index contributed by atoms with van der Waals surface area (Å²) in [6, 6.07) is 9.80. The molecular formula is C14H18N4O2. The predicted octanol–water partition coefficient (Wildman–Crippen LogP) is 1.15. The fourth-order valence-electron chi connectivity index (χ4n) is 2.23. The Morgan fingerprint density at radius 1 is 1.20 bits per heavy atom. The first-order valence-corrected chi connectivity index (χ1v) is 6.79. The largest absolute Gasteiger partial charge is 0.378 e. The van der Waals surface area contributed by atoms with Gasteiger partial charge in [0.25, 0.3) is 5.95 Å². The molecule has 1 fully saturated rings. The summed E-state index contributed by atoms with van der Waals surface area (Å²) in [6.45, 7) is 2.99.